The Morgan fingerprint density at radius 3 is 2.25 bits per heavy atom. The average Bonchev–Trinajstić information content (AvgIpc) is 3.35. The first-order chi connectivity index (χ1) is 13.6. The van der Waals surface area contributed by atoms with Crippen molar-refractivity contribution < 1.29 is 0 Å². The summed E-state index contributed by atoms with van der Waals surface area (Å²) in [6, 6.07) is 11.1. The number of aromatic nitrogens is 2. The Kier molecular flexibility index (Phi) is 4.48. The second-order valence-electron chi connectivity index (χ2n) is 7.48. The van der Waals surface area contributed by atoms with E-state index in [1.807, 2.05) is 22.7 Å². The lowest BCUT2D eigenvalue weighted by Gasteiger charge is -2.34. The summed E-state index contributed by atoms with van der Waals surface area (Å²) in [5, 5.41) is 2.30. The lowest BCUT2D eigenvalue weighted by Crippen LogP contribution is -2.46. The molecule has 28 heavy (non-hydrogen) atoms. The quantitative estimate of drug-likeness (QED) is 0.454. The second-order valence-corrected chi connectivity index (χ2v) is 9.50. The van der Waals surface area contributed by atoms with E-state index < -0.39 is 0 Å². The normalized spacial score (nSPS) is 15.1. The Morgan fingerprint density at radius 1 is 0.857 bits per heavy atom. The molecule has 0 N–H and O–H groups in total. The summed E-state index contributed by atoms with van der Waals surface area (Å²) in [4.78, 5) is 14.7. The lowest BCUT2D eigenvalue weighted by atomic mass is 10.1. The van der Waals surface area contributed by atoms with E-state index in [1.54, 1.807) is 0 Å². The molecule has 0 spiro atoms. The smallest absolute Gasteiger partial charge is 0.186 e. The number of fused-ring (bicyclic) bond motifs is 2. The van der Waals surface area contributed by atoms with Crippen molar-refractivity contribution >= 4 is 53.4 Å². The summed E-state index contributed by atoms with van der Waals surface area (Å²) in [6.07, 6.45) is 1.07. The minimum Gasteiger partial charge on any atom is -0.345 e. The molecule has 0 atom stereocenters. The minimum atomic E-state index is 0.994. The van der Waals surface area contributed by atoms with Crippen LogP contribution >= 0.6 is 22.7 Å². The van der Waals surface area contributed by atoms with E-state index in [-0.39, 0.29) is 0 Å². The van der Waals surface area contributed by atoms with E-state index in [0.29, 0.717) is 0 Å². The van der Waals surface area contributed by atoms with Gasteiger partial charge in [-0.05, 0) is 55.2 Å². The molecule has 0 saturated carbocycles. The number of piperazine rings is 1. The monoisotopic (exact) mass is 408 g/mol. The Morgan fingerprint density at radius 2 is 1.54 bits per heavy atom. The van der Waals surface area contributed by atoms with Gasteiger partial charge in [-0.2, -0.15) is 0 Å². The van der Waals surface area contributed by atoms with Crippen LogP contribution in [-0.2, 0) is 6.42 Å². The van der Waals surface area contributed by atoms with Crippen molar-refractivity contribution in [3.8, 4) is 0 Å². The van der Waals surface area contributed by atoms with Gasteiger partial charge in [-0.15, -0.1) is 0 Å². The number of hydrogen-bond acceptors (Lipinski definition) is 6. The molecular weight excluding hydrogens is 384 g/mol. The largest absolute Gasteiger partial charge is 0.345 e. The van der Waals surface area contributed by atoms with Crippen molar-refractivity contribution in [2.45, 2.75) is 27.2 Å². The van der Waals surface area contributed by atoms with Gasteiger partial charge in [0.15, 0.2) is 10.3 Å². The van der Waals surface area contributed by atoms with Gasteiger partial charge in [0.2, 0.25) is 0 Å². The van der Waals surface area contributed by atoms with Crippen LogP contribution in [0.5, 0.6) is 0 Å². The predicted octanol–water partition coefficient (Wildman–Crippen LogP) is 5.41. The summed E-state index contributed by atoms with van der Waals surface area (Å²) in [5.74, 6) is 0. The van der Waals surface area contributed by atoms with Crippen LogP contribution in [0.25, 0.3) is 20.4 Å². The summed E-state index contributed by atoms with van der Waals surface area (Å²) in [6.45, 7) is 10.5. The van der Waals surface area contributed by atoms with Crippen LogP contribution in [0.3, 0.4) is 0 Å². The van der Waals surface area contributed by atoms with E-state index in [9.17, 15) is 0 Å². The van der Waals surface area contributed by atoms with E-state index in [1.165, 1.54) is 31.6 Å². The fourth-order valence-electron chi connectivity index (χ4n) is 3.75. The van der Waals surface area contributed by atoms with Crippen molar-refractivity contribution in [3.63, 3.8) is 0 Å². The molecule has 0 amide bonds. The van der Waals surface area contributed by atoms with Gasteiger partial charge in [0.05, 0.1) is 20.4 Å². The van der Waals surface area contributed by atoms with Crippen molar-refractivity contribution in [2.24, 2.45) is 0 Å². The van der Waals surface area contributed by atoms with Crippen molar-refractivity contribution in [2.75, 3.05) is 36.0 Å². The molecule has 1 aliphatic heterocycles. The van der Waals surface area contributed by atoms with Crippen LogP contribution in [0.2, 0.25) is 0 Å². The highest BCUT2D eigenvalue weighted by Gasteiger charge is 2.22. The zero-order valence-corrected chi connectivity index (χ0v) is 18.2. The van der Waals surface area contributed by atoms with Gasteiger partial charge in [-0.25, -0.2) is 9.97 Å². The number of rotatable bonds is 3. The molecule has 4 nitrogen and oxygen atoms in total. The molecule has 0 radical (unpaired) electrons. The Balaban J connectivity index is 1.34. The highest BCUT2D eigenvalue weighted by Crippen LogP contribution is 2.34. The van der Waals surface area contributed by atoms with E-state index >= 15 is 0 Å². The molecule has 0 bridgehead atoms. The van der Waals surface area contributed by atoms with E-state index in [4.69, 9.17) is 9.97 Å². The third-order valence-corrected chi connectivity index (χ3v) is 7.90. The van der Waals surface area contributed by atoms with Crippen LogP contribution in [0.1, 0.15) is 23.6 Å². The third kappa shape index (κ3) is 3.05. The first-order valence-electron chi connectivity index (χ1n) is 9.88. The number of anilines is 2. The molecule has 0 aliphatic carbocycles. The van der Waals surface area contributed by atoms with Crippen molar-refractivity contribution in [3.05, 3.63) is 47.0 Å². The van der Waals surface area contributed by atoms with Crippen LogP contribution in [0.15, 0.2) is 30.3 Å². The molecule has 1 aliphatic rings. The zero-order valence-electron chi connectivity index (χ0n) is 16.5. The minimum absolute atomic E-state index is 0.994. The van der Waals surface area contributed by atoms with Crippen molar-refractivity contribution in [1.29, 1.82) is 0 Å². The predicted molar refractivity (Wildman–Crippen MR) is 123 cm³/mol. The van der Waals surface area contributed by atoms with E-state index in [2.05, 4.69) is 60.9 Å². The van der Waals surface area contributed by atoms with Gasteiger partial charge < -0.3 is 9.80 Å². The summed E-state index contributed by atoms with van der Waals surface area (Å²) < 4.78 is 2.59. The summed E-state index contributed by atoms with van der Waals surface area (Å²) >= 11 is 3.64. The topological polar surface area (TPSA) is 32.3 Å². The first kappa shape index (κ1) is 17.9. The van der Waals surface area contributed by atoms with Gasteiger partial charge in [0.1, 0.15) is 0 Å². The standard InChI is InChI=1S/C22H24N4S2/c1-4-16-6-7-17-19(13-16)28-21(23-17)25-9-11-26(12-10-25)22-24-20-15(3)14(2)5-8-18(20)27-22/h5-8,13H,4,9-12H2,1-3H3. The molecule has 3 heterocycles. The molecule has 1 fully saturated rings. The molecule has 2 aromatic heterocycles. The molecule has 5 rings (SSSR count). The number of thiazole rings is 2. The second kappa shape index (κ2) is 7.01. The fourth-order valence-corrected chi connectivity index (χ4v) is 5.91. The zero-order chi connectivity index (χ0) is 19.3. The number of aryl methyl sites for hydroxylation is 3. The Labute approximate surface area is 173 Å². The SMILES string of the molecule is CCc1ccc2nc(N3CCN(c4nc5c(C)c(C)ccc5s4)CC3)sc2c1. The van der Waals surface area contributed by atoms with Crippen LogP contribution < -0.4 is 9.80 Å². The van der Waals surface area contributed by atoms with Gasteiger partial charge in [0.25, 0.3) is 0 Å². The molecule has 144 valence electrons. The Bertz CT molecular complexity index is 1150. The number of nitrogens with zero attached hydrogens (tertiary/aromatic N) is 4. The first-order valence-corrected chi connectivity index (χ1v) is 11.5. The molecule has 4 aromatic rings. The Hall–Kier alpha value is -2.18. The van der Waals surface area contributed by atoms with Gasteiger partial charge >= 0.3 is 0 Å². The maximum atomic E-state index is 4.96. The number of benzene rings is 2. The van der Waals surface area contributed by atoms with Gasteiger partial charge in [0, 0.05) is 26.2 Å². The maximum absolute atomic E-state index is 4.96. The van der Waals surface area contributed by atoms with Crippen LogP contribution in [0, 0.1) is 13.8 Å². The van der Waals surface area contributed by atoms with Gasteiger partial charge in [-0.1, -0.05) is 41.7 Å². The maximum Gasteiger partial charge on any atom is 0.186 e. The fraction of sp³-hybridized carbons (Fsp3) is 0.364. The molecule has 6 heteroatoms. The molecule has 0 unspecified atom stereocenters. The highest BCUT2D eigenvalue weighted by atomic mass is 32.1. The lowest BCUT2D eigenvalue weighted by molar-refractivity contribution is 0.651. The van der Waals surface area contributed by atoms with Gasteiger partial charge in [-0.3, -0.25) is 0 Å². The molecule has 1 saturated heterocycles. The van der Waals surface area contributed by atoms with E-state index in [0.717, 1.165) is 48.4 Å². The molecule has 2 aromatic carbocycles. The van der Waals surface area contributed by atoms with Crippen LogP contribution in [0.4, 0.5) is 10.3 Å². The van der Waals surface area contributed by atoms with Crippen molar-refractivity contribution in [1.82, 2.24) is 9.97 Å². The summed E-state index contributed by atoms with van der Waals surface area (Å²) in [5.41, 5.74) is 6.29. The highest BCUT2D eigenvalue weighted by molar-refractivity contribution is 7.22. The molecular formula is C22H24N4S2. The third-order valence-electron chi connectivity index (χ3n) is 5.74. The number of hydrogen-bond donors (Lipinski definition) is 0. The summed E-state index contributed by atoms with van der Waals surface area (Å²) in [7, 11) is 0. The average molecular weight is 409 g/mol. The van der Waals surface area contributed by atoms with Crippen LogP contribution in [-0.4, -0.2) is 36.1 Å².